The molecule has 21 heavy (non-hydrogen) atoms. The average molecular weight is 274 g/mol. The summed E-state index contributed by atoms with van der Waals surface area (Å²) in [6.45, 7) is 0. The standard InChI is InChI=1S/C19H18N2/c1-20-14-6-10-18(20)17(19-11-7-15-21(19)2)13-12-16-8-4-3-5-9-16/h3-11,14-15,17H,1-2H3. The quantitative estimate of drug-likeness (QED) is 0.633. The highest BCUT2D eigenvalue weighted by Crippen LogP contribution is 2.24. The fraction of sp³-hybridized carbons (Fsp3) is 0.158. The molecule has 2 heteroatoms. The molecule has 0 radical (unpaired) electrons. The van der Waals surface area contributed by atoms with Crippen LogP contribution in [0.4, 0.5) is 0 Å². The van der Waals surface area contributed by atoms with E-state index in [9.17, 15) is 0 Å². The van der Waals surface area contributed by atoms with Crippen LogP contribution < -0.4 is 0 Å². The van der Waals surface area contributed by atoms with Crippen LogP contribution in [0.1, 0.15) is 22.9 Å². The molecule has 0 spiro atoms. The number of rotatable bonds is 2. The maximum Gasteiger partial charge on any atom is 0.101 e. The van der Waals surface area contributed by atoms with E-state index in [2.05, 4.69) is 71.7 Å². The zero-order valence-corrected chi connectivity index (χ0v) is 12.3. The summed E-state index contributed by atoms with van der Waals surface area (Å²) in [5, 5.41) is 0. The molecule has 0 saturated heterocycles. The Balaban J connectivity index is 2.04. The lowest BCUT2D eigenvalue weighted by atomic mass is 10.0. The zero-order valence-electron chi connectivity index (χ0n) is 12.3. The van der Waals surface area contributed by atoms with Gasteiger partial charge in [-0.15, -0.1) is 0 Å². The molecular formula is C19H18N2. The van der Waals surface area contributed by atoms with Gasteiger partial charge >= 0.3 is 0 Å². The summed E-state index contributed by atoms with van der Waals surface area (Å²) >= 11 is 0. The molecule has 3 rings (SSSR count). The van der Waals surface area contributed by atoms with Gasteiger partial charge < -0.3 is 9.13 Å². The number of aromatic nitrogens is 2. The topological polar surface area (TPSA) is 9.86 Å². The van der Waals surface area contributed by atoms with Crippen LogP contribution in [0.15, 0.2) is 67.0 Å². The van der Waals surface area contributed by atoms with Crippen molar-refractivity contribution in [2.24, 2.45) is 14.1 Å². The molecular weight excluding hydrogens is 256 g/mol. The van der Waals surface area contributed by atoms with Gasteiger partial charge in [-0.1, -0.05) is 30.0 Å². The summed E-state index contributed by atoms with van der Waals surface area (Å²) in [7, 11) is 4.13. The second kappa shape index (κ2) is 5.76. The summed E-state index contributed by atoms with van der Waals surface area (Å²) in [6.07, 6.45) is 4.13. The van der Waals surface area contributed by atoms with Crippen molar-refractivity contribution in [2.75, 3.05) is 0 Å². The van der Waals surface area contributed by atoms with Crippen molar-refractivity contribution in [3.63, 3.8) is 0 Å². The zero-order chi connectivity index (χ0) is 14.7. The smallest absolute Gasteiger partial charge is 0.101 e. The van der Waals surface area contributed by atoms with E-state index in [-0.39, 0.29) is 5.92 Å². The van der Waals surface area contributed by atoms with Gasteiger partial charge in [-0.05, 0) is 36.4 Å². The number of hydrogen-bond acceptors (Lipinski definition) is 0. The minimum absolute atomic E-state index is 0.0743. The molecule has 0 atom stereocenters. The minimum Gasteiger partial charge on any atom is -0.353 e. The van der Waals surface area contributed by atoms with Crippen molar-refractivity contribution >= 4 is 0 Å². The van der Waals surface area contributed by atoms with Gasteiger partial charge in [-0.2, -0.15) is 0 Å². The molecule has 0 N–H and O–H groups in total. The second-order valence-electron chi connectivity index (χ2n) is 5.16. The highest BCUT2D eigenvalue weighted by Gasteiger charge is 2.16. The third kappa shape index (κ3) is 2.78. The highest BCUT2D eigenvalue weighted by atomic mass is 15.0. The second-order valence-corrected chi connectivity index (χ2v) is 5.16. The molecule has 1 aromatic carbocycles. The van der Waals surface area contributed by atoms with Crippen LogP contribution in [0.3, 0.4) is 0 Å². The van der Waals surface area contributed by atoms with Crippen molar-refractivity contribution in [3.05, 3.63) is 83.9 Å². The Morgan fingerprint density at radius 2 is 1.33 bits per heavy atom. The molecule has 0 unspecified atom stereocenters. The van der Waals surface area contributed by atoms with Crippen molar-refractivity contribution in [1.82, 2.24) is 9.13 Å². The van der Waals surface area contributed by atoms with E-state index in [1.807, 2.05) is 30.3 Å². The molecule has 0 aliphatic heterocycles. The lowest BCUT2D eigenvalue weighted by Crippen LogP contribution is -2.08. The lowest BCUT2D eigenvalue weighted by Gasteiger charge is -2.13. The van der Waals surface area contributed by atoms with Gasteiger partial charge in [0.2, 0.25) is 0 Å². The number of benzene rings is 1. The van der Waals surface area contributed by atoms with E-state index in [4.69, 9.17) is 0 Å². The first-order valence-electron chi connectivity index (χ1n) is 7.05. The van der Waals surface area contributed by atoms with Crippen molar-refractivity contribution in [3.8, 4) is 11.8 Å². The van der Waals surface area contributed by atoms with Crippen LogP contribution >= 0.6 is 0 Å². The van der Waals surface area contributed by atoms with Crippen molar-refractivity contribution < 1.29 is 0 Å². The first-order valence-corrected chi connectivity index (χ1v) is 7.05. The molecule has 2 nitrogen and oxygen atoms in total. The Hall–Kier alpha value is -2.66. The van der Waals surface area contributed by atoms with E-state index in [0.717, 1.165) is 5.56 Å². The van der Waals surface area contributed by atoms with Gasteiger partial charge in [0.25, 0.3) is 0 Å². The molecule has 0 saturated carbocycles. The van der Waals surface area contributed by atoms with E-state index >= 15 is 0 Å². The van der Waals surface area contributed by atoms with Crippen molar-refractivity contribution in [1.29, 1.82) is 0 Å². The summed E-state index contributed by atoms with van der Waals surface area (Å²) in [5.74, 6) is 6.80. The van der Waals surface area contributed by atoms with E-state index in [0.29, 0.717) is 0 Å². The number of hydrogen-bond donors (Lipinski definition) is 0. The van der Waals surface area contributed by atoms with Gasteiger partial charge in [0, 0.05) is 43.4 Å². The Bertz CT molecular complexity index is 741. The Labute approximate surface area is 125 Å². The van der Waals surface area contributed by atoms with Gasteiger partial charge in [0.15, 0.2) is 0 Å². The Morgan fingerprint density at radius 1 is 0.762 bits per heavy atom. The first kappa shape index (κ1) is 13.3. The fourth-order valence-corrected chi connectivity index (χ4v) is 2.52. The number of aryl methyl sites for hydroxylation is 2. The highest BCUT2D eigenvalue weighted by molar-refractivity contribution is 5.41. The molecule has 0 amide bonds. The van der Waals surface area contributed by atoms with Crippen LogP contribution in [-0.4, -0.2) is 9.13 Å². The van der Waals surface area contributed by atoms with Gasteiger partial charge in [-0.25, -0.2) is 0 Å². The van der Waals surface area contributed by atoms with E-state index in [1.165, 1.54) is 11.4 Å². The lowest BCUT2D eigenvalue weighted by molar-refractivity contribution is 0.759. The largest absolute Gasteiger partial charge is 0.353 e. The van der Waals surface area contributed by atoms with Gasteiger partial charge in [0.1, 0.15) is 5.92 Å². The summed E-state index contributed by atoms with van der Waals surface area (Å²) in [5.41, 5.74) is 3.46. The Morgan fingerprint density at radius 3 is 1.81 bits per heavy atom. The Kier molecular flexibility index (Phi) is 3.66. The predicted molar refractivity (Wildman–Crippen MR) is 86.0 cm³/mol. The molecule has 3 aromatic rings. The third-order valence-electron chi connectivity index (χ3n) is 3.69. The van der Waals surface area contributed by atoms with Gasteiger partial charge in [0.05, 0.1) is 0 Å². The molecule has 0 fully saturated rings. The van der Waals surface area contributed by atoms with Gasteiger partial charge in [-0.3, -0.25) is 0 Å². The van der Waals surface area contributed by atoms with E-state index in [1.54, 1.807) is 0 Å². The van der Waals surface area contributed by atoms with Crippen molar-refractivity contribution in [2.45, 2.75) is 5.92 Å². The van der Waals surface area contributed by atoms with Crippen LogP contribution in [0, 0.1) is 11.8 Å². The molecule has 0 aliphatic rings. The summed E-state index contributed by atoms with van der Waals surface area (Å²) in [4.78, 5) is 0. The normalized spacial score (nSPS) is 10.4. The minimum atomic E-state index is 0.0743. The SMILES string of the molecule is Cn1cccc1C(C#Cc1ccccc1)c1cccn1C. The maximum absolute atomic E-state index is 3.43. The van der Waals surface area contributed by atoms with Crippen LogP contribution in [0.2, 0.25) is 0 Å². The molecule has 0 aliphatic carbocycles. The predicted octanol–water partition coefficient (Wildman–Crippen LogP) is 3.55. The van der Waals surface area contributed by atoms with Crippen LogP contribution in [0.5, 0.6) is 0 Å². The summed E-state index contributed by atoms with van der Waals surface area (Å²) in [6, 6.07) is 18.5. The first-order chi connectivity index (χ1) is 10.3. The fourth-order valence-electron chi connectivity index (χ4n) is 2.52. The monoisotopic (exact) mass is 274 g/mol. The molecule has 0 bridgehead atoms. The summed E-state index contributed by atoms with van der Waals surface area (Å²) < 4.78 is 4.27. The maximum atomic E-state index is 3.43. The van der Waals surface area contributed by atoms with Crippen LogP contribution in [0.25, 0.3) is 0 Å². The average Bonchev–Trinajstić information content (AvgIpc) is 3.11. The molecule has 104 valence electrons. The van der Waals surface area contributed by atoms with E-state index < -0.39 is 0 Å². The number of nitrogens with zero attached hydrogens (tertiary/aromatic N) is 2. The van der Waals surface area contributed by atoms with Crippen LogP contribution in [-0.2, 0) is 14.1 Å². The molecule has 2 heterocycles. The third-order valence-corrected chi connectivity index (χ3v) is 3.69. The molecule has 2 aromatic heterocycles.